The molecule has 1 aromatic rings. The van der Waals surface area contributed by atoms with Crippen molar-refractivity contribution >= 4 is 5.78 Å². The lowest BCUT2D eigenvalue weighted by Crippen LogP contribution is -2.15. The van der Waals surface area contributed by atoms with E-state index in [1.807, 2.05) is 19.9 Å². The number of rotatable bonds is 4. The second-order valence-electron chi connectivity index (χ2n) is 5.51. The third kappa shape index (κ3) is 2.89. The van der Waals surface area contributed by atoms with Gasteiger partial charge in [0, 0.05) is 18.4 Å². The number of benzene rings is 1. The molecule has 1 heterocycles. The lowest BCUT2D eigenvalue weighted by Gasteiger charge is -2.22. The number of ketones is 1. The molecule has 1 aliphatic rings. The molecule has 102 valence electrons. The molecule has 2 nitrogen and oxygen atoms in total. The van der Waals surface area contributed by atoms with E-state index in [4.69, 9.17) is 4.74 Å². The van der Waals surface area contributed by atoms with Gasteiger partial charge in [0.1, 0.15) is 11.5 Å². The third-order valence-electron chi connectivity index (χ3n) is 3.62. The first kappa shape index (κ1) is 13.9. The van der Waals surface area contributed by atoms with Gasteiger partial charge in [0.25, 0.3) is 0 Å². The number of ether oxygens (including phenoxy) is 1. The van der Waals surface area contributed by atoms with Crippen molar-refractivity contribution in [1.82, 2.24) is 0 Å². The average molecular weight is 258 g/mol. The van der Waals surface area contributed by atoms with E-state index in [1.165, 1.54) is 5.56 Å². The maximum atomic E-state index is 12.1. The van der Waals surface area contributed by atoms with Gasteiger partial charge < -0.3 is 4.74 Å². The van der Waals surface area contributed by atoms with Gasteiger partial charge in [-0.05, 0) is 36.5 Å². The minimum atomic E-state index is 0.223. The molecule has 0 saturated heterocycles. The topological polar surface area (TPSA) is 26.3 Å². The second-order valence-corrected chi connectivity index (χ2v) is 5.51. The summed E-state index contributed by atoms with van der Waals surface area (Å²) in [5.74, 6) is 2.38. The Morgan fingerprint density at radius 2 is 2.11 bits per heavy atom. The monoisotopic (exact) mass is 258 g/mol. The second kappa shape index (κ2) is 5.60. The van der Waals surface area contributed by atoms with Gasteiger partial charge in [-0.1, -0.05) is 32.9 Å². The first-order valence-corrected chi connectivity index (χ1v) is 7.06. The molecule has 0 N–H and O–H groups in total. The maximum Gasteiger partial charge on any atom is 0.162 e. The van der Waals surface area contributed by atoms with Crippen LogP contribution in [0.15, 0.2) is 29.5 Å². The smallest absolute Gasteiger partial charge is 0.162 e. The molecule has 19 heavy (non-hydrogen) atoms. The molecule has 0 spiro atoms. The van der Waals surface area contributed by atoms with E-state index in [-0.39, 0.29) is 5.78 Å². The quantitative estimate of drug-likeness (QED) is 0.800. The van der Waals surface area contributed by atoms with E-state index in [0.717, 1.165) is 29.1 Å². The molecular formula is C17H22O2. The number of hydrogen-bond donors (Lipinski definition) is 0. The molecule has 0 atom stereocenters. The highest BCUT2D eigenvalue weighted by molar-refractivity contribution is 5.96. The van der Waals surface area contributed by atoms with E-state index >= 15 is 0 Å². The predicted molar refractivity (Wildman–Crippen MR) is 77.5 cm³/mol. The van der Waals surface area contributed by atoms with Gasteiger partial charge in [0.15, 0.2) is 5.78 Å². The van der Waals surface area contributed by atoms with Crippen LogP contribution in [-0.2, 0) is 11.2 Å². The molecule has 0 fully saturated rings. The predicted octanol–water partition coefficient (Wildman–Crippen LogP) is 4.39. The Morgan fingerprint density at radius 1 is 1.37 bits per heavy atom. The van der Waals surface area contributed by atoms with Crippen molar-refractivity contribution in [3.05, 3.63) is 40.7 Å². The summed E-state index contributed by atoms with van der Waals surface area (Å²) in [5, 5.41) is 0. The van der Waals surface area contributed by atoms with Crippen LogP contribution in [0, 0.1) is 0 Å². The maximum absolute atomic E-state index is 12.1. The molecule has 0 aromatic heterocycles. The Hall–Kier alpha value is -1.57. The Bertz CT molecular complexity index is 524. The molecule has 0 saturated carbocycles. The summed E-state index contributed by atoms with van der Waals surface area (Å²) in [7, 11) is 0. The molecule has 0 radical (unpaired) electrons. The highest BCUT2D eigenvalue weighted by atomic mass is 16.5. The molecule has 0 bridgehead atoms. The Balaban J connectivity index is 2.30. The van der Waals surface area contributed by atoms with Crippen molar-refractivity contribution in [2.45, 2.75) is 52.9 Å². The zero-order valence-corrected chi connectivity index (χ0v) is 12.2. The lowest BCUT2D eigenvalue weighted by molar-refractivity contribution is -0.115. The zero-order chi connectivity index (χ0) is 14.0. The van der Waals surface area contributed by atoms with Crippen LogP contribution >= 0.6 is 0 Å². The van der Waals surface area contributed by atoms with Gasteiger partial charge in [-0.25, -0.2) is 0 Å². The van der Waals surface area contributed by atoms with Crippen molar-refractivity contribution in [3.63, 3.8) is 0 Å². The fourth-order valence-corrected chi connectivity index (χ4v) is 2.41. The summed E-state index contributed by atoms with van der Waals surface area (Å²) < 4.78 is 5.81. The van der Waals surface area contributed by atoms with Gasteiger partial charge in [-0.3, -0.25) is 4.79 Å². The number of fused-ring (bicyclic) bond motifs is 1. The van der Waals surface area contributed by atoms with Gasteiger partial charge in [0.05, 0.1) is 0 Å². The molecular weight excluding hydrogens is 236 g/mol. The highest BCUT2D eigenvalue weighted by Gasteiger charge is 2.22. The van der Waals surface area contributed by atoms with Crippen molar-refractivity contribution in [1.29, 1.82) is 0 Å². The average Bonchev–Trinajstić information content (AvgIpc) is 2.37. The van der Waals surface area contributed by atoms with E-state index in [2.05, 4.69) is 26.0 Å². The highest BCUT2D eigenvalue weighted by Crippen LogP contribution is 2.33. The summed E-state index contributed by atoms with van der Waals surface area (Å²) in [5.41, 5.74) is 3.27. The van der Waals surface area contributed by atoms with Crippen LogP contribution in [0.3, 0.4) is 0 Å². The Kier molecular flexibility index (Phi) is 4.08. The van der Waals surface area contributed by atoms with Crippen LogP contribution in [0.1, 0.15) is 57.6 Å². The summed E-state index contributed by atoms with van der Waals surface area (Å²) in [4.78, 5) is 12.1. The molecule has 1 aliphatic heterocycles. The van der Waals surface area contributed by atoms with Crippen molar-refractivity contribution in [2.75, 3.05) is 0 Å². The van der Waals surface area contributed by atoms with Crippen LogP contribution in [0.4, 0.5) is 0 Å². The first-order chi connectivity index (χ1) is 9.02. The van der Waals surface area contributed by atoms with Crippen LogP contribution in [0.25, 0.3) is 0 Å². The van der Waals surface area contributed by atoms with Crippen LogP contribution in [-0.4, -0.2) is 5.78 Å². The third-order valence-corrected chi connectivity index (χ3v) is 3.62. The summed E-state index contributed by atoms with van der Waals surface area (Å²) in [6.07, 6.45) is 2.20. The number of hydrogen-bond acceptors (Lipinski definition) is 2. The van der Waals surface area contributed by atoms with Crippen molar-refractivity contribution in [2.24, 2.45) is 0 Å². The van der Waals surface area contributed by atoms with Gasteiger partial charge >= 0.3 is 0 Å². The molecule has 0 amide bonds. The Labute approximate surface area is 115 Å². The number of carbonyl (C=O) groups is 1. The van der Waals surface area contributed by atoms with E-state index in [9.17, 15) is 4.79 Å². The molecule has 2 rings (SSSR count). The number of allylic oxidation sites excluding steroid dienone is 2. The standard InChI is InChI=1S/C17H22O2/c1-5-6-16(18)15-10-14-9-13(11(2)3)7-8-17(14)19-12(15)4/h7-9,11H,5-6,10H2,1-4H3. The Morgan fingerprint density at radius 3 is 2.74 bits per heavy atom. The number of Topliss-reactive ketones (excluding diaryl/α,β-unsaturated/α-hetero) is 1. The van der Waals surface area contributed by atoms with Gasteiger partial charge in [0.2, 0.25) is 0 Å². The van der Waals surface area contributed by atoms with Crippen LogP contribution in [0.5, 0.6) is 5.75 Å². The van der Waals surface area contributed by atoms with Gasteiger partial charge in [-0.15, -0.1) is 0 Å². The van der Waals surface area contributed by atoms with Gasteiger partial charge in [-0.2, -0.15) is 0 Å². The molecule has 0 aliphatic carbocycles. The first-order valence-electron chi connectivity index (χ1n) is 7.06. The number of carbonyl (C=O) groups excluding carboxylic acids is 1. The van der Waals surface area contributed by atoms with Crippen LogP contribution in [0.2, 0.25) is 0 Å². The fraction of sp³-hybridized carbons (Fsp3) is 0.471. The summed E-state index contributed by atoms with van der Waals surface area (Å²) in [6.45, 7) is 8.27. The lowest BCUT2D eigenvalue weighted by atomic mass is 9.92. The minimum absolute atomic E-state index is 0.223. The largest absolute Gasteiger partial charge is 0.461 e. The normalized spacial score (nSPS) is 14.4. The van der Waals surface area contributed by atoms with Crippen molar-refractivity contribution in [3.8, 4) is 5.75 Å². The minimum Gasteiger partial charge on any atom is -0.461 e. The molecule has 0 unspecified atom stereocenters. The fourth-order valence-electron chi connectivity index (χ4n) is 2.41. The summed E-state index contributed by atoms with van der Waals surface area (Å²) >= 11 is 0. The van der Waals surface area contributed by atoms with E-state index in [0.29, 0.717) is 18.8 Å². The van der Waals surface area contributed by atoms with Crippen LogP contribution < -0.4 is 4.74 Å². The zero-order valence-electron chi connectivity index (χ0n) is 12.2. The molecule has 2 heteroatoms. The van der Waals surface area contributed by atoms with Crippen molar-refractivity contribution < 1.29 is 9.53 Å². The molecule has 1 aromatic carbocycles. The van der Waals surface area contributed by atoms with E-state index < -0.39 is 0 Å². The SMILES string of the molecule is CCCC(=O)C1=C(C)Oc2ccc(C(C)C)cc2C1. The van der Waals surface area contributed by atoms with E-state index in [1.54, 1.807) is 0 Å². The summed E-state index contributed by atoms with van der Waals surface area (Å²) in [6, 6.07) is 6.30.